The summed E-state index contributed by atoms with van der Waals surface area (Å²) in [5.41, 5.74) is -1.85. The van der Waals surface area contributed by atoms with Crippen molar-refractivity contribution in [2.45, 2.75) is 11.1 Å². The highest BCUT2D eigenvalue weighted by Crippen LogP contribution is 2.37. The molecule has 0 aliphatic rings. The molecule has 0 aliphatic carbocycles. The van der Waals surface area contributed by atoms with Gasteiger partial charge in [0.15, 0.2) is 15.6 Å². The van der Waals surface area contributed by atoms with Crippen LogP contribution < -0.4 is 10.3 Å². The summed E-state index contributed by atoms with van der Waals surface area (Å²) in [6.07, 6.45) is -2.75. The normalized spacial score (nSPS) is 12.2. The summed E-state index contributed by atoms with van der Waals surface area (Å²) < 4.78 is 68.4. The van der Waals surface area contributed by atoms with Gasteiger partial charge in [-0.25, -0.2) is 13.1 Å². The molecule has 10 heteroatoms. The molecule has 0 unspecified atom stereocenters. The summed E-state index contributed by atoms with van der Waals surface area (Å²) in [6.45, 7) is 0. The summed E-state index contributed by atoms with van der Waals surface area (Å²) in [5.74, 6) is -0.211. The van der Waals surface area contributed by atoms with Crippen LogP contribution in [-0.2, 0) is 23.1 Å². The molecule has 0 aliphatic heterocycles. The number of hydrogen-bond acceptors (Lipinski definition) is 5. The molecule has 2 aromatic rings. The summed E-state index contributed by atoms with van der Waals surface area (Å²) in [5, 5.41) is 3.77. The molecule has 0 saturated carbocycles. The van der Waals surface area contributed by atoms with E-state index in [9.17, 15) is 26.4 Å². The van der Waals surface area contributed by atoms with Gasteiger partial charge < -0.3 is 4.74 Å². The van der Waals surface area contributed by atoms with Crippen LogP contribution >= 0.6 is 0 Å². The third-order valence-electron chi connectivity index (χ3n) is 3.30. The molecule has 2 rings (SSSR count). The van der Waals surface area contributed by atoms with Gasteiger partial charge >= 0.3 is 11.7 Å². The van der Waals surface area contributed by atoms with Crippen molar-refractivity contribution in [3.8, 4) is 16.9 Å². The van der Waals surface area contributed by atoms with Gasteiger partial charge in [0.25, 0.3) is 0 Å². The second-order valence-electron chi connectivity index (χ2n) is 5.00. The molecule has 0 bridgehead atoms. The van der Waals surface area contributed by atoms with Gasteiger partial charge in [0.2, 0.25) is 0 Å². The molecule has 0 atom stereocenters. The second-order valence-corrected chi connectivity index (χ2v) is 6.99. The van der Waals surface area contributed by atoms with Gasteiger partial charge in [-0.15, -0.1) is 0 Å². The number of hydrogen-bond donors (Lipinski definition) is 0. The Morgan fingerprint density at radius 1 is 1.21 bits per heavy atom. The first-order valence-electron chi connectivity index (χ1n) is 6.48. The number of benzene rings is 1. The van der Waals surface area contributed by atoms with Crippen molar-refractivity contribution in [3.05, 3.63) is 40.3 Å². The van der Waals surface area contributed by atoms with Crippen LogP contribution in [0.5, 0.6) is 5.75 Å². The summed E-state index contributed by atoms with van der Waals surface area (Å²) in [6, 6.07) is 2.25. The first-order valence-corrected chi connectivity index (χ1v) is 8.38. The maximum Gasteiger partial charge on any atom is 0.416 e. The number of aryl methyl sites for hydroxylation is 1. The fourth-order valence-corrected chi connectivity index (χ4v) is 3.05. The summed E-state index contributed by atoms with van der Waals surface area (Å²) in [4.78, 5) is 11.5. The second kappa shape index (κ2) is 5.93. The average Bonchev–Trinajstić information content (AvgIpc) is 2.47. The molecule has 0 N–H and O–H groups in total. The molecule has 130 valence electrons. The summed E-state index contributed by atoms with van der Waals surface area (Å²) in [7, 11) is -1.45. The lowest BCUT2D eigenvalue weighted by atomic mass is 10.0. The molecular weight excluding hydrogens is 349 g/mol. The molecule has 0 spiro atoms. The molecule has 0 saturated heterocycles. The molecule has 24 heavy (non-hydrogen) atoms. The summed E-state index contributed by atoms with van der Waals surface area (Å²) >= 11 is 0. The highest BCUT2D eigenvalue weighted by Gasteiger charge is 2.33. The number of halogens is 3. The molecule has 1 aromatic carbocycles. The lowest BCUT2D eigenvalue weighted by molar-refractivity contribution is -0.137. The molecule has 1 heterocycles. The molecule has 0 fully saturated rings. The van der Waals surface area contributed by atoms with E-state index in [1.165, 1.54) is 14.2 Å². The quantitative estimate of drug-likeness (QED) is 0.833. The van der Waals surface area contributed by atoms with Crippen molar-refractivity contribution < 1.29 is 26.3 Å². The van der Waals surface area contributed by atoms with Gasteiger partial charge in [-0.05, 0) is 12.1 Å². The zero-order valence-electron chi connectivity index (χ0n) is 12.9. The van der Waals surface area contributed by atoms with Crippen LogP contribution in [-0.4, -0.2) is 31.6 Å². The van der Waals surface area contributed by atoms with Gasteiger partial charge in [-0.1, -0.05) is 6.07 Å². The molecule has 6 nitrogen and oxygen atoms in total. The first-order chi connectivity index (χ1) is 11.0. The monoisotopic (exact) mass is 362 g/mol. The fraction of sp³-hybridized carbons (Fsp3) is 0.286. The maximum atomic E-state index is 12.9. The third kappa shape index (κ3) is 3.28. The van der Waals surface area contributed by atoms with Crippen molar-refractivity contribution in [2.24, 2.45) is 7.05 Å². The Bertz CT molecular complexity index is 949. The van der Waals surface area contributed by atoms with Crippen molar-refractivity contribution in [2.75, 3.05) is 13.4 Å². The largest absolute Gasteiger partial charge is 0.491 e. The molecule has 1 aromatic heterocycles. The minimum atomic E-state index is -4.70. The standard InChI is InChI=1S/C14H13F3N2O4S/c1-19-13(20)12(23-2)10(7-18-19)9-5-4-8(14(15,16)17)6-11(9)24(3,21)22/h4-7H,1-3H3. The Labute approximate surface area is 135 Å². The Morgan fingerprint density at radius 2 is 1.83 bits per heavy atom. The van der Waals surface area contributed by atoms with Crippen LogP contribution in [0.1, 0.15) is 5.56 Å². The number of aromatic nitrogens is 2. The van der Waals surface area contributed by atoms with Gasteiger partial charge in [-0.3, -0.25) is 4.79 Å². The van der Waals surface area contributed by atoms with Crippen LogP contribution in [0.3, 0.4) is 0 Å². The maximum absolute atomic E-state index is 12.9. The lowest BCUT2D eigenvalue weighted by Gasteiger charge is -2.14. The Morgan fingerprint density at radius 3 is 2.33 bits per heavy atom. The number of alkyl halides is 3. The van der Waals surface area contributed by atoms with Crippen LogP contribution in [0, 0.1) is 0 Å². The Kier molecular flexibility index (Phi) is 4.44. The van der Waals surface area contributed by atoms with Crippen molar-refractivity contribution in [1.29, 1.82) is 0 Å². The van der Waals surface area contributed by atoms with E-state index in [1.807, 2.05) is 0 Å². The highest BCUT2D eigenvalue weighted by atomic mass is 32.2. The van der Waals surface area contributed by atoms with Crippen molar-refractivity contribution in [1.82, 2.24) is 9.78 Å². The van der Waals surface area contributed by atoms with Crippen LogP contribution in [0.25, 0.3) is 11.1 Å². The smallest absolute Gasteiger partial charge is 0.416 e. The van der Waals surface area contributed by atoms with Crippen LogP contribution in [0.15, 0.2) is 34.1 Å². The predicted molar refractivity (Wildman–Crippen MR) is 79.6 cm³/mol. The molecule has 0 amide bonds. The fourth-order valence-electron chi connectivity index (χ4n) is 2.13. The van der Waals surface area contributed by atoms with Gasteiger partial charge in [0, 0.05) is 18.9 Å². The van der Waals surface area contributed by atoms with Gasteiger partial charge in [-0.2, -0.15) is 18.3 Å². The van der Waals surface area contributed by atoms with E-state index in [0.717, 1.165) is 29.3 Å². The van der Waals surface area contributed by atoms with E-state index in [2.05, 4.69) is 5.10 Å². The van der Waals surface area contributed by atoms with Gasteiger partial charge in [0.05, 0.1) is 29.3 Å². The third-order valence-corrected chi connectivity index (χ3v) is 4.43. The number of rotatable bonds is 3. The number of methoxy groups -OCH3 is 1. The Balaban J connectivity index is 2.86. The zero-order valence-corrected chi connectivity index (χ0v) is 13.7. The topological polar surface area (TPSA) is 78.3 Å². The lowest BCUT2D eigenvalue weighted by Crippen LogP contribution is -2.21. The van der Waals surface area contributed by atoms with E-state index in [-0.39, 0.29) is 16.9 Å². The van der Waals surface area contributed by atoms with E-state index in [4.69, 9.17) is 4.74 Å². The van der Waals surface area contributed by atoms with E-state index in [1.54, 1.807) is 0 Å². The Hall–Kier alpha value is -2.36. The average molecular weight is 362 g/mol. The first kappa shape index (κ1) is 18.0. The van der Waals surface area contributed by atoms with Crippen LogP contribution in [0.2, 0.25) is 0 Å². The zero-order chi connectivity index (χ0) is 18.3. The SMILES string of the molecule is COc1c(-c2ccc(C(F)(F)F)cc2S(C)(=O)=O)cnn(C)c1=O. The number of nitrogens with zero attached hydrogens (tertiary/aromatic N) is 2. The minimum Gasteiger partial charge on any atom is -0.491 e. The van der Waals surface area contributed by atoms with Crippen molar-refractivity contribution >= 4 is 9.84 Å². The van der Waals surface area contributed by atoms with E-state index >= 15 is 0 Å². The minimum absolute atomic E-state index is 0.00486. The van der Waals surface area contributed by atoms with E-state index in [0.29, 0.717) is 6.07 Å². The van der Waals surface area contributed by atoms with Crippen LogP contribution in [0.4, 0.5) is 13.2 Å². The highest BCUT2D eigenvalue weighted by molar-refractivity contribution is 7.90. The molecule has 0 radical (unpaired) electrons. The molecular formula is C14H13F3N2O4S. The van der Waals surface area contributed by atoms with Crippen molar-refractivity contribution in [3.63, 3.8) is 0 Å². The van der Waals surface area contributed by atoms with E-state index < -0.39 is 32.0 Å². The number of ether oxygens (including phenoxy) is 1. The van der Waals surface area contributed by atoms with Gasteiger partial charge in [0.1, 0.15) is 0 Å². The predicted octanol–water partition coefficient (Wildman–Crippen LogP) is 1.88. The number of sulfone groups is 1.